The van der Waals surface area contributed by atoms with Crippen molar-refractivity contribution in [2.75, 3.05) is 18.0 Å². The molecule has 2 aromatic rings. The van der Waals surface area contributed by atoms with E-state index in [9.17, 15) is 5.11 Å². The monoisotopic (exact) mass is 201 g/mol. The zero-order chi connectivity index (χ0) is 10.3. The molecule has 1 saturated heterocycles. The third-order valence-electron chi connectivity index (χ3n) is 3.07. The molecule has 78 valence electrons. The largest absolute Gasteiger partial charge is 0.859 e. The first kappa shape index (κ1) is 8.65. The zero-order valence-corrected chi connectivity index (χ0v) is 8.49. The number of H-pyrrole nitrogens is 1. The van der Waals surface area contributed by atoms with Crippen LogP contribution in [0.5, 0.6) is 5.88 Å². The first-order valence-corrected chi connectivity index (χ1v) is 5.39. The van der Waals surface area contributed by atoms with Gasteiger partial charge in [0.15, 0.2) is 0 Å². The van der Waals surface area contributed by atoms with Crippen LogP contribution in [0.1, 0.15) is 12.8 Å². The normalized spacial score (nSPS) is 16.4. The Labute approximate surface area is 88.3 Å². The van der Waals surface area contributed by atoms with E-state index in [2.05, 4.69) is 9.88 Å². The van der Waals surface area contributed by atoms with E-state index in [1.54, 1.807) is 0 Å². The second kappa shape index (κ2) is 3.19. The van der Waals surface area contributed by atoms with Crippen LogP contribution in [-0.4, -0.2) is 18.1 Å². The van der Waals surface area contributed by atoms with Gasteiger partial charge in [-0.05, 0) is 24.8 Å². The molecule has 1 fully saturated rings. The molecule has 3 rings (SSSR count). The number of nitrogens with zero attached hydrogens (tertiary/aromatic N) is 1. The molecular formula is C12H13N2O-. The van der Waals surface area contributed by atoms with Crippen molar-refractivity contribution < 1.29 is 5.11 Å². The molecule has 0 atom stereocenters. The lowest BCUT2D eigenvalue weighted by Crippen LogP contribution is -2.18. The van der Waals surface area contributed by atoms with E-state index in [-0.39, 0.29) is 5.88 Å². The number of aromatic nitrogens is 1. The van der Waals surface area contributed by atoms with E-state index in [1.165, 1.54) is 12.8 Å². The molecule has 1 N–H and O–H groups in total. The van der Waals surface area contributed by atoms with Crippen molar-refractivity contribution in [3.8, 4) is 5.88 Å². The number of aromatic amines is 1. The summed E-state index contributed by atoms with van der Waals surface area (Å²) in [5, 5.41) is 12.9. The summed E-state index contributed by atoms with van der Waals surface area (Å²) in [6.45, 7) is 2.02. The van der Waals surface area contributed by atoms with Crippen molar-refractivity contribution in [2.24, 2.45) is 0 Å². The van der Waals surface area contributed by atoms with Gasteiger partial charge < -0.3 is 15.0 Å². The van der Waals surface area contributed by atoms with Gasteiger partial charge in [-0.15, -0.1) is 0 Å². The lowest BCUT2D eigenvalue weighted by atomic mass is 10.2. The first-order chi connectivity index (χ1) is 7.36. The third kappa shape index (κ3) is 1.27. The minimum absolute atomic E-state index is 0.0538. The summed E-state index contributed by atoms with van der Waals surface area (Å²) >= 11 is 0. The zero-order valence-electron chi connectivity index (χ0n) is 8.49. The van der Waals surface area contributed by atoms with Crippen LogP contribution in [-0.2, 0) is 0 Å². The first-order valence-electron chi connectivity index (χ1n) is 5.39. The van der Waals surface area contributed by atoms with E-state index in [1.807, 2.05) is 24.3 Å². The van der Waals surface area contributed by atoms with Crippen molar-refractivity contribution in [3.63, 3.8) is 0 Å². The molecular weight excluding hydrogens is 188 g/mol. The molecule has 15 heavy (non-hydrogen) atoms. The van der Waals surface area contributed by atoms with Crippen molar-refractivity contribution in [1.82, 2.24) is 4.98 Å². The van der Waals surface area contributed by atoms with Gasteiger partial charge in [0.1, 0.15) is 0 Å². The maximum atomic E-state index is 11.8. The van der Waals surface area contributed by atoms with E-state index in [0.717, 1.165) is 29.7 Å². The number of hydrogen-bond donors (Lipinski definition) is 1. The predicted octanol–water partition coefficient (Wildman–Crippen LogP) is 1.84. The van der Waals surface area contributed by atoms with Crippen molar-refractivity contribution in [3.05, 3.63) is 24.3 Å². The SMILES string of the molecule is [O-]c1[nH]c2ccccc2c1N1CCCC1. The highest BCUT2D eigenvalue weighted by Crippen LogP contribution is 2.35. The third-order valence-corrected chi connectivity index (χ3v) is 3.07. The maximum absolute atomic E-state index is 11.8. The van der Waals surface area contributed by atoms with Gasteiger partial charge in [0, 0.05) is 24.0 Å². The molecule has 3 heteroatoms. The molecule has 0 radical (unpaired) electrons. The average Bonchev–Trinajstić information content (AvgIpc) is 2.82. The second-order valence-electron chi connectivity index (χ2n) is 4.04. The van der Waals surface area contributed by atoms with Gasteiger partial charge in [-0.25, -0.2) is 0 Å². The lowest BCUT2D eigenvalue weighted by Gasteiger charge is -2.20. The number of anilines is 1. The topological polar surface area (TPSA) is 42.1 Å². The van der Waals surface area contributed by atoms with Crippen LogP contribution < -0.4 is 10.0 Å². The second-order valence-corrected chi connectivity index (χ2v) is 4.04. The molecule has 1 aromatic carbocycles. The Bertz CT molecular complexity index is 483. The smallest absolute Gasteiger partial charge is 0.0546 e. The van der Waals surface area contributed by atoms with Crippen LogP contribution in [0.15, 0.2) is 24.3 Å². The standard InChI is InChI=1S/C12H14N2O/c15-12-11(14-7-3-4-8-14)9-5-1-2-6-10(9)13-12/h1-2,5-6,13,15H,3-4,7-8H2/p-1. The van der Waals surface area contributed by atoms with E-state index >= 15 is 0 Å². The van der Waals surface area contributed by atoms with Crippen LogP contribution in [0.3, 0.4) is 0 Å². The molecule has 1 aromatic heterocycles. The summed E-state index contributed by atoms with van der Waals surface area (Å²) in [5.74, 6) is 0.0538. The molecule has 3 nitrogen and oxygen atoms in total. The molecule has 0 unspecified atom stereocenters. The van der Waals surface area contributed by atoms with Gasteiger partial charge in [0.2, 0.25) is 0 Å². The van der Waals surface area contributed by atoms with E-state index in [0.29, 0.717) is 0 Å². The molecule has 0 bridgehead atoms. The minimum Gasteiger partial charge on any atom is -0.859 e. The summed E-state index contributed by atoms with van der Waals surface area (Å²) in [5.41, 5.74) is 1.81. The maximum Gasteiger partial charge on any atom is 0.0546 e. The van der Waals surface area contributed by atoms with Crippen LogP contribution >= 0.6 is 0 Å². The Kier molecular flexibility index (Phi) is 1.84. The Balaban J connectivity index is 2.19. The van der Waals surface area contributed by atoms with Gasteiger partial charge in [-0.3, -0.25) is 0 Å². The number of para-hydroxylation sites is 1. The summed E-state index contributed by atoms with van der Waals surface area (Å²) in [6, 6.07) is 7.90. The van der Waals surface area contributed by atoms with Gasteiger partial charge in [0.25, 0.3) is 0 Å². The highest BCUT2D eigenvalue weighted by molar-refractivity contribution is 5.96. The lowest BCUT2D eigenvalue weighted by molar-refractivity contribution is -0.273. The number of nitrogens with one attached hydrogen (secondary N) is 1. The van der Waals surface area contributed by atoms with Crippen LogP contribution in [0.2, 0.25) is 0 Å². The highest BCUT2D eigenvalue weighted by Gasteiger charge is 2.16. The molecule has 0 saturated carbocycles. The van der Waals surface area contributed by atoms with Crippen molar-refractivity contribution in [1.29, 1.82) is 0 Å². The van der Waals surface area contributed by atoms with Crippen molar-refractivity contribution >= 4 is 16.6 Å². The minimum atomic E-state index is 0.0538. The summed E-state index contributed by atoms with van der Waals surface area (Å²) in [6.07, 6.45) is 2.39. The van der Waals surface area contributed by atoms with Gasteiger partial charge in [-0.2, -0.15) is 0 Å². The van der Waals surface area contributed by atoms with Crippen LogP contribution in [0, 0.1) is 0 Å². The van der Waals surface area contributed by atoms with Gasteiger partial charge in [-0.1, -0.05) is 18.2 Å². The molecule has 1 aliphatic heterocycles. The molecule has 0 amide bonds. The summed E-state index contributed by atoms with van der Waals surface area (Å²) < 4.78 is 0. The summed E-state index contributed by atoms with van der Waals surface area (Å²) in [7, 11) is 0. The van der Waals surface area contributed by atoms with E-state index < -0.39 is 0 Å². The Morgan fingerprint density at radius 2 is 1.87 bits per heavy atom. The number of rotatable bonds is 1. The fourth-order valence-electron chi connectivity index (χ4n) is 2.36. The van der Waals surface area contributed by atoms with Gasteiger partial charge >= 0.3 is 0 Å². The van der Waals surface area contributed by atoms with E-state index in [4.69, 9.17) is 0 Å². The Hall–Kier alpha value is -1.64. The van der Waals surface area contributed by atoms with Crippen LogP contribution in [0.4, 0.5) is 5.69 Å². The fraction of sp³-hybridized carbons (Fsp3) is 0.333. The predicted molar refractivity (Wildman–Crippen MR) is 59.2 cm³/mol. The Morgan fingerprint density at radius 1 is 1.13 bits per heavy atom. The fourth-order valence-corrected chi connectivity index (χ4v) is 2.36. The molecule has 2 heterocycles. The molecule has 0 aliphatic carbocycles. The summed E-state index contributed by atoms with van der Waals surface area (Å²) in [4.78, 5) is 5.10. The number of hydrogen-bond acceptors (Lipinski definition) is 2. The number of fused-ring (bicyclic) bond motifs is 1. The quantitative estimate of drug-likeness (QED) is 0.765. The Morgan fingerprint density at radius 3 is 2.67 bits per heavy atom. The van der Waals surface area contributed by atoms with Crippen LogP contribution in [0.25, 0.3) is 10.9 Å². The van der Waals surface area contributed by atoms with Gasteiger partial charge in [0.05, 0.1) is 5.69 Å². The van der Waals surface area contributed by atoms with Crippen molar-refractivity contribution in [2.45, 2.75) is 12.8 Å². The molecule has 1 aliphatic rings. The number of benzene rings is 1. The highest BCUT2D eigenvalue weighted by atomic mass is 16.3. The average molecular weight is 201 g/mol. The molecule has 0 spiro atoms.